The molecule has 6 nitrogen and oxygen atoms in total. The lowest BCUT2D eigenvalue weighted by molar-refractivity contribution is 0.0606. The topological polar surface area (TPSA) is 58.6 Å². The largest absolute Gasteiger partial charge is 0.465 e. The van der Waals surface area contributed by atoms with Crippen LogP contribution in [0.2, 0.25) is 0 Å². The fraction of sp³-hybridized carbons (Fsp3) is 0.417. The van der Waals surface area contributed by atoms with Crippen molar-refractivity contribution in [2.45, 2.75) is 0 Å². The van der Waals surface area contributed by atoms with Gasteiger partial charge >= 0.3 is 5.97 Å². The Labute approximate surface area is 124 Å². The second kappa shape index (κ2) is 5.76. The van der Waals surface area contributed by atoms with E-state index in [0.29, 0.717) is 4.88 Å². The van der Waals surface area contributed by atoms with Crippen LogP contribution in [0.1, 0.15) is 9.67 Å². The van der Waals surface area contributed by atoms with Crippen LogP contribution < -0.4 is 9.80 Å². The molecule has 0 amide bonds. The van der Waals surface area contributed by atoms with Gasteiger partial charge in [0.1, 0.15) is 4.88 Å². The monoisotopic (exact) mass is 310 g/mol. The number of esters is 1. The summed E-state index contributed by atoms with van der Waals surface area (Å²) in [5.41, 5.74) is 0. The fourth-order valence-corrected chi connectivity index (χ4v) is 3.65. The lowest BCUT2D eigenvalue weighted by Crippen LogP contribution is -2.46. The van der Waals surface area contributed by atoms with Crippen molar-refractivity contribution in [1.29, 1.82) is 0 Å². The predicted molar refractivity (Wildman–Crippen MR) is 80.0 cm³/mol. The van der Waals surface area contributed by atoms with Gasteiger partial charge in [0.15, 0.2) is 10.3 Å². The van der Waals surface area contributed by atoms with Crippen LogP contribution in [-0.4, -0.2) is 49.2 Å². The Morgan fingerprint density at radius 2 is 1.90 bits per heavy atom. The van der Waals surface area contributed by atoms with Crippen molar-refractivity contribution in [3.63, 3.8) is 0 Å². The first-order chi connectivity index (χ1) is 9.78. The molecule has 0 atom stereocenters. The lowest BCUT2D eigenvalue weighted by Gasteiger charge is -2.34. The first kappa shape index (κ1) is 13.3. The smallest absolute Gasteiger partial charge is 0.349 e. The number of aromatic nitrogens is 2. The first-order valence-electron chi connectivity index (χ1n) is 6.21. The lowest BCUT2D eigenvalue weighted by atomic mass is 10.3. The van der Waals surface area contributed by atoms with Crippen LogP contribution in [0.25, 0.3) is 0 Å². The number of hydrogen-bond acceptors (Lipinski definition) is 8. The zero-order valence-corrected chi connectivity index (χ0v) is 12.6. The van der Waals surface area contributed by atoms with Crippen molar-refractivity contribution in [2.24, 2.45) is 0 Å². The highest BCUT2D eigenvalue weighted by Gasteiger charge is 2.22. The van der Waals surface area contributed by atoms with Gasteiger partial charge in [-0.1, -0.05) is 11.3 Å². The Bertz CT molecular complexity index is 576. The van der Waals surface area contributed by atoms with Gasteiger partial charge in [0.2, 0.25) is 0 Å². The van der Waals surface area contributed by atoms with E-state index in [1.54, 1.807) is 17.5 Å². The van der Waals surface area contributed by atoms with E-state index in [4.69, 9.17) is 4.74 Å². The molecule has 1 aliphatic rings. The molecule has 106 valence electrons. The van der Waals surface area contributed by atoms with Gasteiger partial charge in [-0.05, 0) is 0 Å². The van der Waals surface area contributed by atoms with E-state index >= 15 is 0 Å². The molecular weight excluding hydrogens is 296 g/mol. The van der Waals surface area contributed by atoms with Crippen LogP contribution in [0.4, 0.5) is 10.3 Å². The van der Waals surface area contributed by atoms with Gasteiger partial charge in [0.25, 0.3) is 0 Å². The van der Waals surface area contributed by atoms with Crippen molar-refractivity contribution in [3.8, 4) is 0 Å². The summed E-state index contributed by atoms with van der Waals surface area (Å²) >= 11 is 3.04. The van der Waals surface area contributed by atoms with Crippen LogP contribution in [0.3, 0.4) is 0 Å². The van der Waals surface area contributed by atoms with Crippen molar-refractivity contribution in [2.75, 3.05) is 43.1 Å². The van der Waals surface area contributed by atoms with Gasteiger partial charge in [-0.25, -0.2) is 14.8 Å². The normalized spacial score (nSPS) is 15.4. The molecule has 2 aromatic rings. The zero-order valence-electron chi connectivity index (χ0n) is 11.0. The number of ether oxygens (including phenoxy) is 1. The fourth-order valence-electron chi connectivity index (χ4n) is 2.07. The molecule has 0 unspecified atom stereocenters. The minimum absolute atomic E-state index is 0.324. The van der Waals surface area contributed by atoms with Crippen molar-refractivity contribution in [1.82, 2.24) is 9.97 Å². The standard InChI is InChI=1S/C12H14N4O2S2/c1-18-10(17)9-8-14-12(20-9)16-5-3-15(4-6-16)11-13-2-7-19-11/h2,7-8H,3-6H2,1H3. The summed E-state index contributed by atoms with van der Waals surface area (Å²) < 4.78 is 4.70. The number of nitrogens with zero attached hydrogens (tertiary/aromatic N) is 4. The maximum Gasteiger partial charge on any atom is 0.349 e. The number of thiazole rings is 2. The molecule has 3 heterocycles. The molecule has 0 radical (unpaired) electrons. The molecular formula is C12H14N4O2S2. The molecule has 0 spiro atoms. The Morgan fingerprint density at radius 1 is 1.20 bits per heavy atom. The van der Waals surface area contributed by atoms with Gasteiger partial charge in [-0.2, -0.15) is 0 Å². The predicted octanol–water partition coefficient (Wildman–Crippen LogP) is 1.71. The van der Waals surface area contributed by atoms with E-state index in [1.165, 1.54) is 18.4 Å². The average Bonchev–Trinajstić information content (AvgIpc) is 3.18. The molecule has 20 heavy (non-hydrogen) atoms. The summed E-state index contributed by atoms with van der Waals surface area (Å²) in [5, 5.41) is 3.94. The first-order valence-corrected chi connectivity index (χ1v) is 7.91. The molecule has 8 heteroatoms. The average molecular weight is 310 g/mol. The number of rotatable bonds is 3. The summed E-state index contributed by atoms with van der Waals surface area (Å²) in [6.45, 7) is 3.60. The highest BCUT2D eigenvalue weighted by molar-refractivity contribution is 7.17. The van der Waals surface area contributed by atoms with E-state index in [9.17, 15) is 4.79 Å². The van der Waals surface area contributed by atoms with E-state index < -0.39 is 0 Å². The van der Waals surface area contributed by atoms with E-state index in [2.05, 4.69) is 19.8 Å². The molecule has 1 saturated heterocycles. The maximum atomic E-state index is 11.4. The van der Waals surface area contributed by atoms with Gasteiger partial charge in [-0.15, -0.1) is 11.3 Å². The highest BCUT2D eigenvalue weighted by atomic mass is 32.1. The minimum atomic E-state index is -0.324. The molecule has 2 aromatic heterocycles. The zero-order chi connectivity index (χ0) is 13.9. The Morgan fingerprint density at radius 3 is 2.50 bits per heavy atom. The molecule has 0 aliphatic carbocycles. The molecule has 0 saturated carbocycles. The molecule has 3 rings (SSSR count). The van der Waals surface area contributed by atoms with E-state index in [-0.39, 0.29) is 5.97 Å². The molecule has 0 N–H and O–H groups in total. The summed E-state index contributed by atoms with van der Waals surface area (Å²) in [6.07, 6.45) is 3.41. The van der Waals surface area contributed by atoms with Crippen LogP contribution in [0, 0.1) is 0 Å². The van der Waals surface area contributed by atoms with Crippen molar-refractivity contribution in [3.05, 3.63) is 22.7 Å². The number of piperazine rings is 1. The second-order valence-corrected chi connectivity index (χ2v) is 6.17. The SMILES string of the molecule is COC(=O)c1cnc(N2CCN(c3nccs3)CC2)s1. The highest BCUT2D eigenvalue weighted by Crippen LogP contribution is 2.26. The Kier molecular flexibility index (Phi) is 3.83. The number of carbonyl (C=O) groups excluding carboxylic acids is 1. The second-order valence-electron chi connectivity index (χ2n) is 4.29. The van der Waals surface area contributed by atoms with Gasteiger partial charge < -0.3 is 14.5 Å². The van der Waals surface area contributed by atoms with Gasteiger partial charge in [0, 0.05) is 37.8 Å². The molecule has 1 aliphatic heterocycles. The number of hydrogen-bond donors (Lipinski definition) is 0. The van der Waals surface area contributed by atoms with Crippen molar-refractivity contribution < 1.29 is 9.53 Å². The van der Waals surface area contributed by atoms with Crippen LogP contribution in [-0.2, 0) is 4.74 Å². The Balaban J connectivity index is 1.63. The molecule has 0 bridgehead atoms. The summed E-state index contributed by atoms with van der Waals surface area (Å²) in [4.78, 5) is 25.1. The van der Waals surface area contributed by atoms with Gasteiger partial charge in [-0.3, -0.25) is 0 Å². The molecule has 1 fully saturated rings. The van der Waals surface area contributed by atoms with E-state index in [1.807, 2.05) is 11.6 Å². The number of anilines is 2. The van der Waals surface area contributed by atoms with Crippen LogP contribution in [0.15, 0.2) is 17.8 Å². The maximum absolute atomic E-state index is 11.4. The molecule has 0 aromatic carbocycles. The quantitative estimate of drug-likeness (QED) is 0.805. The van der Waals surface area contributed by atoms with Gasteiger partial charge in [0.05, 0.1) is 13.3 Å². The summed E-state index contributed by atoms with van der Waals surface area (Å²) in [5.74, 6) is -0.324. The summed E-state index contributed by atoms with van der Waals surface area (Å²) in [6, 6.07) is 0. The third-order valence-electron chi connectivity index (χ3n) is 3.12. The van der Waals surface area contributed by atoms with Crippen LogP contribution in [0.5, 0.6) is 0 Å². The summed E-state index contributed by atoms with van der Waals surface area (Å²) in [7, 11) is 1.38. The third-order valence-corrected chi connectivity index (χ3v) is 4.99. The number of carbonyl (C=O) groups is 1. The Hall–Kier alpha value is -1.67. The van der Waals surface area contributed by atoms with Crippen LogP contribution >= 0.6 is 22.7 Å². The van der Waals surface area contributed by atoms with E-state index in [0.717, 1.165) is 36.4 Å². The third kappa shape index (κ3) is 2.61. The number of methoxy groups -OCH3 is 1. The van der Waals surface area contributed by atoms with Crippen molar-refractivity contribution >= 4 is 38.9 Å². The minimum Gasteiger partial charge on any atom is -0.465 e.